The molecule has 0 spiro atoms. The van der Waals surface area contributed by atoms with Crippen molar-refractivity contribution in [3.05, 3.63) is 0 Å². The molecule has 3 atom stereocenters. The first-order valence-electron chi connectivity index (χ1n) is 7.83. The van der Waals surface area contributed by atoms with Crippen LogP contribution in [0.25, 0.3) is 0 Å². The van der Waals surface area contributed by atoms with Crippen molar-refractivity contribution in [2.75, 3.05) is 19.8 Å². The van der Waals surface area contributed by atoms with Crippen molar-refractivity contribution in [3.63, 3.8) is 0 Å². The summed E-state index contributed by atoms with van der Waals surface area (Å²) < 4.78 is 5.97. The van der Waals surface area contributed by atoms with E-state index in [4.69, 9.17) is 9.84 Å². The number of ether oxygens (including phenoxy) is 1. The molecule has 3 unspecified atom stereocenters. The fourth-order valence-corrected chi connectivity index (χ4v) is 2.64. The number of aliphatic hydroxyl groups is 1. The number of hydrogen-bond acceptors (Lipinski definition) is 3. The second-order valence-corrected chi connectivity index (χ2v) is 7.21. The van der Waals surface area contributed by atoms with Gasteiger partial charge >= 0.3 is 0 Å². The van der Waals surface area contributed by atoms with Crippen LogP contribution in [0.2, 0.25) is 0 Å². The van der Waals surface area contributed by atoms with Gasteiger partial charge in [0, 0.05) is 24.7 Å². The van der Waals surface area contributed by atoms with Gasteiger partial charge in [-0.3, -0.25) is 0 Å². The molecule has 0 aliphatic heterocycles. The first-order valence-corrected chi connectivity index (χ1v) is 7.83. The fraction of sp³-hybridized carbons (Fsp3) is 1.00. The molecule has 0 aromatic rings. The molecule has 114 valence electrons. The summed E-state index contributed by atoms with van der Waals surface area (Å²) in [5.41, 5.74) is 0.248. The Morgan fingerprint density at radius 1 is 1.32 bits per heavy atom. The zero-order chi connectivity index (χ0) is 14.5. The topological polar surface area (TPSA) is 41.5 Å². The zero-order valence-corrected chi connectivity index (χ0v) is 13.4. The maximum Gasteiger partial charge on any atom is 0.0656 e. The van der Waals surface area contributed by atoms with Crippen LogP contribution in [0.1, 0.15) is 53.9 Å². The molecule has 1 aliphatic rings. The molecule has 1 saturated carbocycles. The molecule has 1 rings (SSSR count). The van der Waals surface area contributed by atoms with Crippen molar-refractivity contribution in [3.8, 4) is 0 Å². The minimum absolute atomic E-state index is 0.248. The van der Waals surface area contributed by atoms with E-state index in [0.717, 1.165) is 32.4 Å². The van der Waals surface area contributed by atoms with Gasteiger partial charge in [0.2, 0.25) is 0 Å². The predicted octanol–water partition coefficient (Wildman–Crippen LogP) is 2.82. The Morgan fingerprint density at radius 3 is 2.53 bits per heavy atom. The Bertz CT molecular complexity index is 253. The van der Waals surface area contributed by atoms with Gasteiger partial charge in [0.05, 0.1) is 6.10 Å². The van der Waals surface area contributed by atoms with Crippen LogP contribution in [0, 0.1) is 17.3 Å². The molecule has 1 fully saturated rings. The summed E-state index contributed by atoms with van der Waals surface area (Å²) in [6.45, 7) is 13.3. The van der Waals surface area contributed by atoms with Gasteiger partial charge in [-0.25, -0.2) is 0 Å². The maximum absolute atomic E-state index is 8.99. The van der Waals surface area contributed by atoms with Crippen molar-refractivity contribution in [2.24, 2.45) is 17.3 Å². The highest BCUT2D eigenvalue weighted by Crippen LogP contribution is 2.42. The van der Waals surface area contributed by atoms with Gasteiger partial charge in [-0.1, -0.05) is 34.6 Å². The van der Waals surface area contributed by atoms with Gasteiger partial charge < -0.3 is 15.2 Å². The highest BCUT2D eigenvalue weighted by Gasteiger charge is 2.48. The van der Waals surface area contributed by atoms with Gasteiger partial charge in [-0.2, -0.15) is 0 Å². The van der Waals surface area contributed by atoms with E-state index in [1.165, 1.54) is 0 Å². The lowest BCUT2D eigenvalue weighted by Gasteiger charge is -2.52. The van der Waals surface area contributed by atoms with E-state index >= 15 is 0 Å². The van der Waals surface area contributed by atoms with Crippen LogP contribution < -0.4 is 5.32 Å². The third-order valence-electron chi connectivity index (χ3n) is 4.38. The number of rotatable bonds is 9. The highest BCUT2D eigenvalue weighted by atomic mass is 16.5. The Morgan fingerprint density at radius 2 is 2.00 bits per heavy atom. The van der Waals surface area contributed by atoms with Crippen molar-refractivity contribution >= 4 is 0 Å². The standard InChI is InChI=1S/C16H33NO2/c1-12(2)11-19-15-9-14(16(15,4)5)17-8-6-7-13(3)10-18/h12-15,17-18H,6-11H2,1-5H3. The van der Waals surface area contributed by atoms with Gasteiger partial charge in [0.25, 0.3) is 0 Å². The smallest absolute Gasteiger partial charge is 0.0656 e. The average Bonchev–Trinajstić information content (AvgIpc) is 2.35. The monoisotopic (exact) mass is 271 g/mol. The van der Waals surface area contributed by atoms with E-state index in [1.807, 2.05) is 0 Å². The van der Waals surface area contributed by atoms with Crippen LogP contribution in [0.5, 0.6) is 0 Å². The molecule has 0 heterocycles. The average molecular weight is 271 g/mol. The molecule has 0 saturated heterocycles. The zero-order valence-electron chi connectivity index (χ0n) is 13.4. The second-order valence-electron chi connectivity index (χ2n) is 7.21. The summed E-state index contributed by atoms with van der Waals surface area (Å²) in [5, 5.41) is 12.6. The van der Waals surface area contributed by atoms with Crippen LogP contribution in [0.4, 0.5) is 0 Å². The van der Waals surface area contributed by atoms with Crippen LogP contribution in [0.3, 0.4) is 0 Å². The predicted molar refractivity (Wildman–Crippen MR) is 80.3 cm³/mol. The lowest BCUT2D eigenvalue weighted by Crippen LogP contribution is -2.61. The van der Waals surface area contributed by atoms with Crippen molar-refractivity contribution in [1.82, 2.24) is 5.32 Å². The Labute approximate surface area is 119 Å². The number of aliphatic hydroxyl groups excluding tert-OH is 1. The van der Waals surface area contributed by atoms with Crippen molar-refractivity contribution < 1.29 is 9.84 Å². The van der Waals surface area contributed by atoms with Gasteiger partial charge in [0.1, 0.15) is 0 Å². The summed E-state index contributed by atoms with van der Waals surface area (Å²) in [5.74, 6) is 1.04. The number of nitrogens with one attached hydrogen (secondary N) is 1. The highest BCUT2D eigenvalue weighted by molar-refractivity contribution is 5.02. The van der Waals surface area contributed by atoms with E-state index in [-0.39, 0.29) is 5.41 Å². The van der Waals surface area contributed by atoms with Gasteiger partial charge in [-0.05, 0) is 37.6 Å². The molecule has 0 amide bonds. The largest absolute Gasteiger partial charge is 0.396 e. The van der Waals surface area contributed by atoms with Gasteiger partial charge in [0.15, 0.2) is 0 Å². The van der Waals surface area contributed by atoms with E-state index in [0.29, 0.717) is 30.6 Å². The lowest BCUT2D eigenvalue weighted by atomic mass is 9.64. The summed E-state index contributed by atoms with van der Waals surface area (Å²) in [6.07, 6.45) is 3.79. The summed E-state index contributed by atoms with van der Waals surface area (Å²) >= 11 is 0. The minimum Gasteiger partial charge on any atom is -0.396 e. The molecule has 19 heavy (non-hydrogen) atoms. The molecule has 3 nitrogen and oxygen atoms in total. The van der Waals surface area contributed by atoms with Crippen molar-refractivity contribution in [2.45, 2.75) is 66.0 Å². The Kier molecular flexibility index (Phi) is 6.78. The Hall–Kier alpha value is -0.120. The normalized spacial score (nSPS) is 27.3. The van der Waals surface area contributed by atoms with Crippen molar-refractivity contribution in [1.29, 1.82) is 0 Å². The molecule has 3 heteroatoms. The molecule has 0 aromatic carbocycles. The fourth-order valence-electron chi connectivity index (χ4n) is 2.64. The van der Waals surface area contributed by atoms with E-state index < -0.39 is 0 Å². The molecule has 0 radical (unpaired) electrons. The SMILES string of the molecule is CC(C)COC1CC(NCCCC(C)CO)C1(C)C. The van der Waals surface area contributed by atoms with Gasteiger partial charge in [-0.15, -0.1) is 0 Å². The molecule has 1 aliphatic carbocycles. The first kappa shape index (κ1) is 16.9. The van der Waals surface area contributed by atoms with E-state index in [2.05, 4.69) is 39.9 Å². The summed E-state index contributed by atoms with van der Waals surface area (Å²) in [7, 11) is 0. The van der Waals surface area contributed by atoms with E-state index in [1.54, 1.807) is 0 Å². The van der Waals surface area contributed by atoms with Crippen LogP contribution in [-0.4, -0.2) is 37.0 Å². The first-order chi connectivity index (χ1) is 8.87. The third kappa shape index (κ3) is 5.05. The van der Waals surface area contributed by atoms with Crippen LogP contribution in [-0.2, 0) is 4.74 Å². The quantitative estimate of drug-likeness (QED) is 0.634. The summed E-state index contributed by atoms with van der Waals surface area (Å²) in [4.78, 5) is 0. The van der Waals surface area contributed by atoms with Crippen LogP contribution >= 0.6 is 0 Å². The van der Waals surface area contributed by atoms with E-state index in [9.17, 15) is 0 Å². The molecule has 0 aromatic heterocycles. The molecular formula is C16H33NO2. The second kappa shape index (κ2) is 7.61. The Balaban J connectivity index is 2.16. The molecular weight excluding hydrogens is 238 g/mol. The maximum atomic E-state index is 8.99. The third-order valence-corrected chi connectivity index (χ3v) is 4.38. The number of hydrogen-bond donors (Lipinski definition) is 2. The lowest BCUT2D eigenvalue weighted by molar-refractivity contribution is -0.123. The molecule has 0 bridgehead atoms. The summed E-state index contributed by atoms with van der Waals surface area (Å²) in [6, 6.07) is 0.578. The minimum atomic E-state index is 0.248. The van der Waals surface area contributed by atoms with Crippen LogP contribution in [0.15, 0.2) is 0 Å². The molecule has 2 N–H and O–H groups in total.